The van der Waals surface area contributed by atoms with Crippen LogP contribution in [0.15, 0.2) is 59.5 Å². The number of carbonyl (C=O) groups excluding carboxylic acids is 2. The van der Waals surface area contributed by atoms with E-state index in [1.807, 2.05) is 18.2 Å². The molecule has 2 N–H and O–H groups in total. The highest BCUT2D eigenvalue weighted by molar-refractivity contribution is 7.89. The fourth-order valence-electron chi connectivity index (χ4n) is 3.62. The summed E-state index contributed by atoms with van der Waals surface area (Å²) in [5.74, 6) is -0.703. The Morgan fingerprint density at radius 2 is 1.70 bits per heavy atom. The minimum Gasteiger partial charge on any atom is -0.326 e. The van der Waals surface area contributed by atoms with Crippen LogP contribution < -0.4 is 10.6 Å². The Morgan fingerprint density at radius 1 is 1.00 bits per heavy atom. The Morgan fingerprint density at radius 3 is 2.39 bits per heavy atom. The maximum atomic E-state index is 13.2. The van der Waals surface area contributed by atoms with E-state index in [2.05, 4.69) is 20.8 Å². The predicted molar refractivity (Wildman–Crippen MR) is 126 cm³/mol. The van der Waals surface area contributed by atoms with Gasteiger partial charge in [0.2, 0.25) is 20.9 Å². The van der Waals surface area contributed by atoms with Crippen molar-refractivity contribution in [3.63, 3.8) is 0 Å². The number of sulfonamides is 1. The molecule has 0 radical (unpaired) electrons. The summed E-state index contributed by atoms with van der Waals surface area (Å²) in [6, 6.07) is 15.2. The number of hydrogen-bond acceptors (Lipinski definition) is 7. The number of nitrogens with zero attached hydrogens (tertiary/aromatic N) is 3. The van der Waals surface area contributed by atoms with Crippen molar-refractivity contribution >= 4 is 44.5 Å². The van der Waals surface area contributed by atoms with E-state index in [0.717, 1.165) is 6.42 Å². The summed E-state index contributed by atoms with van der Waals surface area (Å²) in [5, 5.41) is 14.5. The second-order valence-corrected chi connectivity index (χ2v) is 10.6. The zero-order chi connectivity index (χ0) is 23.4. The van der Waals surface area contributed by atoms with Crippen LogP contribution in [0.3, 0.4) is 0 Å². The average molecular weight is 486 g/mol. The van der Waals surface area contributed by atoms with Crippen molar-refractivity contribution in [3.8, 4) is 0 Å². The van der Waals surface area contributed by atoms with Crippen molar-refractivity contribution < 1.29 is 18.0 Å². The van der Waals surface area contributed by atoms with E-state index >= 15 is 0 Å². The molecule has 1 aliphatic rings. The van der Waals surface area contributed by atoms with Gasteiger partial charge in [-0.25, -0.2) is 8.42 Å². The third kappa shape index (κ3) is 5.44. The summed E-state index contributed by atoms with van der Waals surface area (Å²) in [4.78, 5) is 23.8. The lowest BCUT2D eigenvalue weighted by molar-refractivity contribution is -0.114. The first-order valence-electron chi connectivity index (χ1n) is 10.4. The standard InChI is InChI=1S/C22H23N5O4S2/c1-15(28)23-18-9-11-19(12-10-18)33(30,31)27-13-5-6-16(14-27)21-25-26-22(32-21)20(29)24-17-7-3-2-4-8-17/h2-4,7-12,16H,5-6,13-14H2,1H3,(H,23,28)(H,24,29)/t16-/m1/s1. The smallest absolute Gasteiger partial charge is 0.286 e. The molecule has 0 unspecified atom stereocenters. The fourth-order valence-corrected chi connectivity index (χ4v) is 6.01. The molecular formula is C22H23N5O4S2. The zero-order valence-corrected chi connectivity index (χ0v) is 19.5. The number of hydrogen-bond donors (Lipinski definition) is 2. The molecule has 0 saturated carbocycles. The SMILES string of the molecule is CC(=O)Nc1ccc(S(=O)(=O)N2CCC[C@@H](c3nnc(C(=O)Nc4ccccc4)s3)C2)cc1. The molecule has 2 amide bonds. The van der Waals surface area contributed by atoms with Crippen LogP contribution in [0.5, 0.6) is 0 Å². The molecule has 1 saturated heterocycles. The molecule has 0 spiro atoms. The molecule has 1 fully saturated rings. The van der Waals surface area contributed by atoms with E-state index in [4.69, 9.17) is 0 Å². The molecule has 2 heterocycles. The fraction of sp³-hybridized carbons (Fsp3) is 0.273. The number of piperidine rings is 1. The number of aromatic nitrogens is 2. The summed E-state index contributed by atoms with van der Waals surface area (Å²) in [7, 11) is -3.70. The van der Waals surface area contributed by atoms with E-state index in [1.165, 1.54) is 34.7 Å². The third-order valence-electron chi connectivity index (χ3n) is 5.21. The first kappa shape index (κ1) is 23.0. The Bertz CT molecular complexity index is 1240. The lowest BCUT2D eigenvalue weighted by Crippen LogP contribution is -2.39. The van der Waals surface area contributed by atoms with Gasteiger partial charge in [0.15, 0.2) is 0 Å². The molecular weight excluding hydrogens is 462 g/mol. The molecule has 1 atom stereocenters. The zero-order valence-electron chi connectivity index (χ0n) is 17.9. The largest absolute Gasteiger partial charge is 0.326 e. The van der Waals surface area contributed by atoms with Crippen LogP contribution in [0.25, 0.3) is 0 Å². The number of benzene rings is 2. The monoisotopic (exact) mass is 485 g/mol. The molecule has 172 valence electrons. The number of nitrogens with one attached hydrogen (secondary N) is 2. The van der Waals surface area contributed by atoms with Crippen molar-refractivity contribution in [2.75, 3.05) is 23.7 Å². The van der Waals surface area contributed by atoms with Gasteiger partial charge in [0.25, 0.3) is 5.91 Å². The van der Waals surface area contributed by atoms with E-state index in [1.54, 1.807) is 24.3 Å². The Balaban J connectivity index is 1.45. The van der Waals surface area contributed by atoms with Gasteiger partial charge in [-0.1, -0.05) is 29.5 Å². The molecule has 1 aromatic heterocycles. The molecule has 2 aromatic carbocycles. The molecule has 1 aliphatic heterocycles. The summed E-state index contributed by atoms with van der Waals surface area (Å²) in [5.41, 5.74) is 1.20. The molecule has 9 nitrogen and oxygen atoms in total. The third-order valence-corrected chi connectivity index (χ3v) is 8.18. The van der Waals surface area contributed by atoms with Gasteiger partial charge in [0.1, 0.15) is 5.01 Å². The molecule has 11 heteroatoms. The molecule has 33 heavy (non-hydrogen) atoms. The lowest BCUT2D eigenvalue weighted by atomic mass is 10.0. The highest BCUT2D eigenvalue weighted by Gasteiger charge is 2.32. The Hall–Kier alpha value is -3.15. The second-order valence-electron chi connectivity index (χ2n) is 7.67. The van der Waals surface area contributed by atoms with Gasteiger partial charge < -0.3 is 10.6 Å². The highest BCUT2D eigenvalue weighted by Crippen LogP contribution is 2.32. The van der Waals surface area contributed by atoms with Gasteiger partial charge in [-0.15, -0.1) is 10.2 Å². The number of amides is 2. The van der Waals surface area contributed by atoms with Crippen LogP contribution >= 0.6 is 11.3 Å². The minimum absolute atomic E-state index is 0.136. The van der Waals surface area contributed by atoms with E-state index in [0.29, 0.717) is 29.3 Å². The van der Waals surface area contributed by atoms with Gasteiger partial charge in [0.05, 0.1) is 4.90 Å². The van der Waals surface area contributed by atoms with Gasteiger partial charge in [-0.05, 0) is 49.2 Å². The van der Waals surface area contributed by atoms with Crippen LogP contribution in [-0.4, -0.2) is 47.8 Å². The first-order chi connectivity index (χ1) is 15.8. The number of rotatable bonds is 6. The van der Waals surface area contributed by atoms with Crippen molar-refractivity contribution in [3.05, 3.63) is 64.6 Å². The Labute approximate surface area is 195 Å². The Kier molecular flexibility index (Phi) is 6.82. The summed E-state index contributed by atoms with van der Waals surface area (Å²) >= 11 is 1.19. The van der Waals surface area contributed by atoms with E-state index in [-0.39, 0.29) is 34.2 Å². The van der Waals surface area contributed by atoms with Crippen LogP contribution in [0.1, 0.15) is 40.5 Å². The van der Waals surface area contributed by atoms with Crippen LogP contribution in [0.2, 0.25) is 0 Å². The maximum Gasteiger partial charge on any atom is 0.286 e. The van der Waals surface area contributed by atoms with Crippen molar-refractivity contribution in [1.29, 1.82) is 0 Å². The van der Waals surface area contributed by atoms with Crippen molar-refractivity contribution in [2.45, 2.75) is 30.6 Å². The number of anilines is 2. The molecule has 3 aromatic rings. The highest BCUT2D eigenvalue weighted by atomic mass is 32.2. The van der Waals surface area contributed by atoms with Crippen molar-refractivity contribution in [2.24, 2.45) is 0 Å². The topological polar surface area (TPSA) is 121 Å². The van der Waals surface area contributed by atoms with Gasteiger partial charge in [0, 0.05) is 37.3 Å². The summed E-state index contributed by atoms with van der Waals surface area (Å²) in [6.07, 6.45) is 1.45. The molecule has 0 aliphatic carbocycles. The minimum atomic E-state index is -3.70. The van der Waals surface area contributed by atoms with Crippen LogP contribution in [-0.2, 0) is 14.8 Å². The van der Waals surface area contributed by atoms with Gasteiger partial charge in [-0.2, -0.15) is 4.31 Å². The van der Waals surface area contributed by atoms with Gasteiger partial charge in [-0.3, -0.25) is 9.59 Å². The van der Waals surface area contributed by atoms with E-state index in [9.17, 15) is 18.0 Å². The van der Waals surface area contributed by atoms with Crippen LogP contribution in [0, 0.1) is 0 Å². The quantitative estimate of drug-likeness (QED) is 0.552. The second kappa shape index (κ2) is 9.77. The molecule has 0 bridgehead atoms. The summed E-state index contributed by atoms with van der Waals surface area (Å²) < 4.78 is 27.8. The lowest BCUT2D eigenvalue weighted by Gasteiger charge is -2.30. The van der Waals surface area contributed by atoms with Crippen molar-refractivity contribution in [1.82, 2.24) is 14.5 Å². The maximum absolute atomic E-state index is 13.2. The number of carbonyl (C=O) groups is 2. The summed E-state index contributed by atoms with van der Waals surface area (Å²) in [6.45, 7) is 2.07. The first-order valence-corrected chi connectivity index (χ1v) is 12.7. The van der Waals surface area contributed by atoms with Crippen LogP contribution in [0.4, 0.5) is 11.4 Å². The number of para-hydroxylation sites is 1. The van der Waals surface area contributed by atoms with Gasteiger partial charge >= 0.3 is 0 Å². The average Bonchev–Trinajstić information content (AvgIpc) is 3.30. The normalized spacial score (nSPS) is 16.8. The predicted octanol–water partition coefficient (Wildman–Crippen LogP) is 3.32. The molecule has 4 rings (SSSR count). The van der Waals surface area contributed by atoms with E-state index < -0.39 is 10.0 Å².